The van der Waals surface area contributed by atoms with Crippen LogP contribution >= 0.6 is 27.7 Å². The van der Waals surface area contributed by atoms with E-state index in [1.165, 1.54) is 31.0 Å². The van der Waals surface area contributed by atoms with Crippen molar-refractivity contribution < 1.29 is 4.74 Å². The van der Waals surface area contributed by atoms with Crippen molar-refractivity contribution in [1.82, 2.24) is 4.90 Å². The van der Waals surface area contributed by atoms with Crippen LogP contribution in [0, 0.1) is 0 Å². The third-order valence-corrected chi connectivity index (χ3v) is 4.38. The van der Waals surface area contributed by atoms with E-state index in [1.807, 2.05) is 24.3 Å². The molecule has 0 aromatic heterocycles. The molecule has 0 atom stereocenters. The van der Waals surface area contributed by atoms with Crippen LogP contribution in [0.1, 0.15) is 6.42 Å². The Hall–Kier alpha value is -0.190. The second kappa shape index (κ2) is 7.29. The molecule has 1 heterocycles. The van der Waals surface area contributed by atoms with E-state index in [4.69, 9.17) is 4.74 Å². The topological polar surface area (TPSA) is 12.5 Å². The quantitative estimate of drug-likeness (QED) is 0.846. The molecule has 0 radical (unpaired) electrons. The first-order valence-electron chi connectivity index (χ1n) is 6.03. The fraction of sp³-hybridized carbons (Fsp3) is 0.538. The van der Waals surface area contributed by atoms with Gasteiger partial charge in [-0.3, -0.25) is 4.90 Å². The van der Waals surface area contributed by atoms with Gasteiger partial charge < -0.3 is 4.74 Å². The lowest BCUT2D eigenvalue weighted by Crippen LogP contribution is -2.30. The first-order valence-corrected chi connectivity index (χ1v) is 7.98. The minimum Gasteiger partial charge on any atom is -0.492 e. The lowest BCUT2D eigenvalue weighted by molar-refractivity contribution is 0.219. The van der Waals surface area contributed by atoms with E-state index in [2.05, 4.69) is 32.6 Å². The molecule has 0 bridgehead atoms. The van der Waals surface area contributed by atoms with E-state index in [9.17, 15) is 0 Å². The maximum absolute atomic E-state index is 5.74. The Balaban J connectivity index is 1.69. The van der Waals surface area contributed by atoms with E-state index >= 15 is 0 Å². The zero-order chi connectivity index (χ0) is 11.9. The molecule has 2 nitrogen and oxygen atoms in total. The van der Waals surface area contributed by atoms with Crippen molar-refractivity contribution in [3.8, 4) is 5.75 Å². The van der Waals surface area contributed by atoms with Crippen LogP contribution in [0.25, 0.3) is 0 Å². The van der Waals surface area contributed by atoms with Gasteiger partial charge in [-0.25, -0.2) is 0 Å². The third kappa shape index (κ3) is 4.90. The zero-order valence-corrected chi connectivity index (χ0v) is 12.3. The molecule has 4 heteroatoms. The molecule has 2 rings (SSSR count). The van der Waals surface area contributed by atoms with Gasteiger partial charge >= 0.3 is 0 Å². The van der Waals surface area contributed by atoms with Crippen LogP contribution in [0.2, 0.25) is 0 Å². The highest BCUT2D eigenvalue weighted by molar-refractivity contribution is 9.10. The maximum Gasteiger partial charge on any atom is 0.119 e. The summed E-state index contributed by atoms with van der Waals surface area (Å²) in [5.74, 6) is 3.53. The lowest BCUT2D eigenvalue weighted by Gasteiger charge is -2.19. The first kappa shape index (κ1) is 13.2. The molecule has 1 fully saturated rings. The number of hydrogen-bond acceptors (Lipinski definition) is 3. The molecule has 17 heavy (non-hydrogen) atoms. The van der Waals surface area contributed by atoms with Crippen molar-refractivity contribution in [2.24, 2.45) is 0 Å². The molecular weight excluding hydrogens is 298 g/mol. The first-order chi connectivity index (χ1) is 8.34. The molecule has 0 N–H and O–H groups in total. The van der Waals surface area contributed by atoms with Gasteiger partial charge in [-0.1, -0.05) is 15.9 Å². The van der Waals surface area contributed by atoms with Crippen molar-refractivity contribution in [2.75, 3.05) is 37.7 Å². The second-order valence-electron chi connectivity index (χ2n) is 4.11. The van der Waals surface area contributed by atoms with Gasteiger partial charge in [0.05, 0.1) is 0 Å². The van der Waals surface area contributed by atoms with Crippen molar-refractivity contribution in [1.29, 1.82) is 0 Å². The van der Waals surface area contributed by atoms with E-state index in [0.29, 0.717) is 0 Å². The molecule has 0 spiro atoms. The van der Waals surface area contributed by atoms with Crippen LogP contribution in [0.5, 0.6) is 5.75 Å². The fourth-order valence-corrected chi connectivity index (χ4v) is 3.03. The number of thioether (sulfide) groups is 1. The highest BCUT2D eigenvalue weighted by atomic mass is 79.9. The molecule has 0 aliphatic carbocycles. The van der Waals surface area contributed by atoms with Gasteiger partial charge in [-0.15, -0.1) is 0 Å². The van der Waals surface area contributed by atoms with Gasteiger partial charge in [0.2, 0.25) is 0 Å². The normalized spacial score (nSPS) is 17.7. The number of ether oxygens (including phenoxy) is 1. The summed E-state index contributed by atoms with van der Waals surface area (Å²) in [7, 11) is 0. The second-order valence-corrected chi connectivity index (χ2v) is 6.25. The van der Waals surface area contributed by atoms with Crippen molar-refractivity contribution in [3.05, 3.63) is 28.7 Å². The minimum atomic E-state index is 0.784. The summed E-state index contributed by atoms with van der Waals surface area (Å²) >= 11 is 5.48. The fourth-order valence-electron chi connectivity index (χ4n) is 1.84. The van der Waals surface area contributed by atoms with Crippen LogP contribution in [-0.2, 0) is 0 Å². The summed E-state index contributed by atoms with van der Waals surface area (Å²) < 4.78 is 6.83. The summed E-state index contributed by atoms with van der Waals surface area (Å²) in [5.41, 5.74) is 0. The Morgan fingerprint density at radius 2 is 2.00 bits per heavy atom. The Bertz CT molecular complexity index is 323. The summed E-state index contributed by atoms with van der Waals surface area (Å²) in [6.07, 6.45) is 1.31. The SMILES string of the molecule is Brc1ccc(OCCN2CCCSCC2)cc1. The van der Waals surface area contributed by atoms with E-state index in [0.717, 1.165) is 23.4 Å². The maximum atomic E-state index is 5.74. The number of benzene rings is 1. The van der Waals surface area contributed by atoms with Crippen molar-refractivity contribution in [2.45, 2.75) is 6.42 Å². The smallest absolute Gasteiger partial charge is 0.119 e. The van der Waals surface area contributed by atoms with E-state index in [-0.39, 0.29) is 0 Å². The molecule has 1 aromatic rings. The Labute approximate surface area is 116 Å². The monoisotopic (exact) mass is 315 g/mol. The van der Waals surface area contributed by atoms with Crippen LogP contribution in [0.4, 0.5) is 0 Å². The predicted molar refractivity (Wildman–Crippen MR) is 78.0 cm³/mol. The average Bonchev–Trinajstić information content (AvgIpc) is 2.60. The molecule has 1 saturated heterocycles. The highest BCUT2D eigenvalue weighted by Gasteiger charge is 2.08. The number of halogens is 1. The summed E-state index contributed by atoms with van der Waals surface area (Å²) in [6, 6.07) is 8.03. The third-order valence-electron chi connectivity index (χ3n) is 2.80. The van der Waals surface area contributed by atoms with Gasteiger partial charge in [0.15, 0.2) is 0 Å². The number of hydrogen-bond donors (Lipinski definition) is 0. The van der Waals surface area contributed by atoms with Gasteiger partial charge in [0.25, 0.3) is 0 Å². The minimum absolute atomic E-state index is 0.784. The van der Waals surface area contributed by atoms with Crippen molar-refractivity contribution >= 4 is 27.7 Å². The van der Waals surface area contributed by atoms with Crippen molar-refractivity contribution in [3.63, 3.8) is 0 Å². The van der Waals surface area contributed by atoms with Gasteiger partial charge in [-0.2, -0.15) is 11.8 Å². The summed E-state index contributed by atoms with van der Waals surface area (Å²) in [5, 5.41) is 0. The van der Waals surface area contributed by atoms with Crippen LogP contribution in [-0.4, -0.2) is 42.6 Å². The van der Waals surface area contributed by atoms with Gasteiger partial charge in [-0.05, 0) is 43.0 Å². The lowest BCUT2D eigenvalue weighted by atomic mass is 10.3. The Kier molecular flexibility index (Phi) is 5.68. The molecule has 0 saturated carbocycles. The van der Waals surface area contributed by atoms with Gasteiger partial charge in [0, 0.05) is 23.3 Å². The average molecular weight is 316 g/mol. The van der Waals surface area contributed by atoms with Crippen LogP contribution < -0.4 is 4.74 Å². The molecule has 1 aliphatic rings. The van der Waals surface area contributed by atoms with Gasteiger partial charge in [0.1, 0.15) is 12.4 Å². The summed E-state index contributed by atoms with van der Waals surface area (Å²) in [6.45, 7) is 4.24. The molecule has 0 amide bonds. The molecule has 0 unspecified atom stereocenters. The van der Waals surface area contributed by atoms with Crippen LogP contribution in [0.15, 0.2) is 28.7 Å². The Morgan fingerprint density at radius 3 is 2.82 bits per heavy atom. The standard InChI is InChI=1S/C13H18BrNOS/c14-12-2-4-13(5-3-12)16-9-7-15-6-1-10-17-11-8-15/h2-5H,1,6-11H2. The highest BCUT2D eigenvalue weighted by Crippen LogP contribution is 2.16. The number of nitrogens with zero attached hydrogens (tertiary/aromatic N) is 1. The molecule has 1 aliphatic heterocycles. The Morgan fingerprint density at radius 1 is 1.18 bits per heavy atom. The van der Waals surface area contributed by atoms with E-state index < -0.39 is 0 Å². The predicted octanol–water partition coefficient (Wildman–Crippen LogP) is 3.27. The number of rotatable bonds is 4. The molecular formula is C13H18BrNOS. The zero-order valence-electron chi connectivity index (χ0n) is 9.90. The summed E-state index contributed by atoms with van der Waals surface area (Å²) in [4.78, 5) is 2.50. The van der Waals surface area contributed by atoms with Crippen LogP contribution in [0.3, 0.4) is 0 Å². The largest absolute Gasteiger partial charge is 0.492 e. The molecule has 1 aromatic carbocycles. The van der Waals surface area contributed by atoms with E-state index in [1.54, 1.807) is 0 Å². The molecule has 94 valence electrons.